The lowest BCUT2D eigenvalue weighted by Gasteiger charge is -2.42. The zero-order chi connectivity index (χ0) is 9.31. The average molecular weight is 178 g/mol. The summed E-state index contributed by atoms with van der Waals surface area (Å²) in [6, 6.07) is 2.63. The van der Waals surface area contributed by atoms with Crippen molar-refractivity contribution < 1.29 is 0 Å². The van der Waals surface area contributed by atoms with Gasteiger partial charge in [0, 0.05) is 6.04 Å². The Hall–Kier alpha value is -0.550. The Morgan fingerprint density at radius 2 is 1.85 bits per heavy atom. The Balaban J connectivity index is 2.02. The molecule has 72 valence electrons. The summed E-state index contributed by atoms with van der Waals surface area (Å²) in [7, 11) is 0. The molecule has 13 heavy (non-hydrogen) atoms. The van der Waals surface area contributed by atoms with E-state index in [1.807, 2.05) is 0 Å². The molecule has 0 aromatic rings. The van der Waals surface area contributed by atoms with Gasteiger partial charge in [0.1, 0.15) is 0 Å². The first-order chi connectivity index (χ1) is 6.28. The molecule has 0 aromatic heterocycles. The van der Waals surface area contributed by atoms with E-state index in [0.717, 1.165) is 12.8 Å². The number of nitrogens with zero attached hydrogens (tertiary/aromatic N) is 1. The first-order valence-corrected chi connectivity index (χ1v) is 5.45. The van der Waals surface area contributed by atoms with Crippen molar-refractivity contribution in [1.82, 2.24) is 0 Å². The molecule has 1 atom stereocenters. The summed E-state index contributed by atoms with van der Waals surface area (Å²) in [6.07, 6.45) is 8.44. The molecular weight excluding hydrogens is 160 g/mol. The van der Waals surface area contributed by atoms with Crippen molar-refractivity contribution in [1.29, 1.82) is 5.26 Å². The fourth-order valence-electron chi connectivity index (χ4n) is 2.85. The van der Waals surface area contributed by atoms with Gasteiger partial charge in [-0.25, -0.2) is 0 Å². The highest BCUT2D eigenvalue weighted by atomic mass is 14.7. The number of hydrogen-bond acceptors (Lipinski definition) is 2. The van der Waals surface area contributed by atoms with Crippen LogP contribution in [0.5, 0.6) is 0 Å². The van der Waals surface area contributed by atoms with Crippen molar-refractivity contribution in [3.05, 3.63) is 0 Å². The third-order valence-electron chi connectivity index (χ3n) is 4.01. The van der Waals surface area contributed by atoms with Crippen LogP contribution in [0.15, 0.2) is 0 Å². The molecule has 0 saturated heterocycles. The molecule has 2 heteroatoms. The minimum atomic E-state index is -0.130. The summed E-state index contributed by atoms with van der Waals surface area (Å²) in [5.41, 5.74) is 6.08. The second kappa shape index (κ2) is 3.31. The molecule has 0 spiro atoms. The molecule has 2 N–H and O–H groups in total. The lowest BCUT2D eigenvalue weighted by Crippen LogP contribution is -2.49. The van der Waals surface area contributed by atoms with Gasteiger partial charge in [-0.2, -0.15) is 5.26 Å². The minimum Gasteiger partial charge on any atom is -0.326 e. The molecule has 0 aliphatic heterocycles. The van der Waals surface area contributed by atoms with Gasteiger partial charge in [0.25, 0.3) is 0 Å². The first kappa shape index (κ1) is 9.02. The van der Waals surface area contributed by atoms with Crippen molar-refractivity contribution >= 4 is 0 Å². The zero-order valence-electron chi connectivity index (χ0n) is 8.13. The van der Waals surface area contributed by atoms with E-state index >= 15 is 0 Å². The van der Waals surface area contributed by atoms with E-state index in [2.05, 4.69) is 6.07 Å². The number of nitrogens with two attached hydrogens (primary N) is 1. The highest BCUT2D eigenvalue weighted by Gasteiger charge is 2.46. The van der Waals surface area contributed by atoms with Gasteiger partial charge in [-0.05, 0) is 31.6 Å². The first-order valence-electron chi connectivity index (χ1n) is 5.45. The van der Waals surface area contributed by atoms with Gasteiger partial charge in [-0.15, -0.1) is 0 Å². The Bertz CT molecular complexity index is 219. The van der Waals surface area contributed by atoms with Crippen molar-refractivity contribution in [2.75, 3.05) is 0 Å². The Morgan fingerprint density at radius 1 is 1.23 bits per heavy atom. The van der Waals surface area contributed by atoms with Crippen LogP contribution in [-0.2, 0) is 0 Å². The summed E-state index contributed by atoms with van der Waals surface area (Å²) in [5, 5.41) is 9.14. The number of hydrogen-bond donors (Lipinski definition) is 1. The third-order valence-corrected chi connectivity index (χ3v) is 4.01. The van der Waals surface area contributed by atoms with E-state index in [-0.39, 0.29) is 11.5 Å². The Labute approximate surface area is 80.1 Å². The van der Waals surface area contributed by atoms with Crippen LogP contribution in [0.1, 0.15) is 44.9 Å². The summed E-state index contributed by atoms with van der Waals surface area (Å²) in [4.78, 5) is 0. The molecule has 2 aliphatic rings. The molecule has 0 aromatic carbocycles. The van der Waals surface area contributed by atoms with Crippen LogP contribution in [0.25, 0.3) is 0 Å². The van der Waals surface area contributed by atoms with Crippen molar-refractivity contribution in [2.45, 2.75) is 51.0 Å². The largest absolute Gasteiger partial charge is 0.326 e. The summed E-state index contributed by atoms with van der Waals surface area (Å²) >= 11 is 0. The van der Waals surface area contributed by atoms with Gasteiger partial charge in [-0.3, -0.25) is 0 Å². The van der Waals surface area contributed by atoms with Crippen LogP contribution < -0.4 is 5.73 Å². The second-order valence-corrected chi connectivity index (χ2v) is 4.69. The minimum absolute atomic E-state index is 0.130. The molecule has 0 heterocycles. The van der Waals surface area contributed by atoms with Crippen molar-refractivity contribution in [3.8, 4) is 6.07 Å². The molecular formula is C11H18N2. The van der Waals surface area contributed by atoms with Crippen LogP contribution in [0.2, 0.25) is 0 Å². The fraction of sp³-hybridized carbons (Fsp3) is 0.909. The molecule has 1 unspecified atom stereocenters. The molecule has 0 amide bonds. The van der Waals surface area contributed by atoms with Crippen LogP contribution in [-0.4, -0.2) is 6.04 Å². The maximum atomic E-state index is 9.14. The van der Waals surface area contributed by atoms with E-state index in [1.165, 1.54) is 32.1 Å². The SMILES string of the molecule is N#CC1(C(N)C2CCCC2)CCC1. The quantitative estimate of drug-likeness (QED) is 0.704. The molecule has 0 radical (unpaired) electrons. The Morgan fingerprint density at radius 3 is 2.23 bits per heavy atom. The van der Waals surface area contributed by atoms with E-state index in [9.17, 15) is 0 Å². The maximum Gasteiger partial charge on any atom is 0.0727 e. The van der Waals surface area contributed by atoms with Crippen LogP contribution >= 0.6 is 0 Å². The molecule has 2 aliphatic carbocycles. The van der Waals surface area contributed by atoms with Crippen LogP contribution in [0.4, 0.5) is 0 Å². The van der Waals surface area contributed by atoms with Gasteiger partial charge in [0.15, 0.2) is 0 Å². The molecule has 0 bridgehead atoms. The highest BCUT2D eigenvalue weighted by molar-refractivity contribution is 5.12. The Kier molecular flexibility index (Phi) is 2.29. The fourth-order valence-corrected chi connectivity index (χ4v) is 2.85. The van der Waals surface area contributed by atoms with Gasteiger partial charge in [0.05, 0.1) is 11.5 Å². The van der Waals surface area contributed by atoms with Crippen molar-refractivity contribution in [3.63, 3.8) is 0 Å². The monoisotopic (exact) mass is 178 g/mol. The number of nitriles is 1. The van der Waals surface area contributed by atoms with Gasteiger partial charge < -0.3 is 5.73 Å². The van der Waals surface area contributed by atoms with Gasteiger partial charge in [0.2, 0.25) is 0 Å². The maximum absolute atomic E-state index is 9.14. The normalized spacial score (nSPS) is 29.2. The lowest BCUT2D eigenvalue weighted by molar-refractivity contribution is 0.129. The smallest absolute Gasteiger partial charge is 0.0727 e. The molecule has 2 nitrogen and oxygen atoms in total. The molecule has 2 rings (SSSR count). The highest BCUT2D eigenvalue weighted by Crippen LogP contribution is 2.47. The topological polar surface area (TPSA) is 49.8 Å². The van der Waals surface area contributed by atoms with Gasteiger partial charge in [-0.1, -0.05) is 19.3 Å². The van der Waals surface area contributed by atoms with E-state index < -0.39 is 0 Å². The lowest BCUT2D eigenvalue weighted by atomic mass is 9.62. The summed E-state index contributed by atoms with van der Waals surface area (Å²) in [6.45, 7) is 0. The van der Waals surface area contributed by atoms with E-state index in [1.54, 1.807) is 0 Å². The average Bonchev–Trinajstić information content (AvgIpc) is 2.54. The predicted octanol–water partition coefficient (Wildman–Crippen LogP) is 2.20. The standard InChI is InChI=1S/C11H18N2/c12-8-11(6-3-7-11)10(13)9-4-1-2-5-9/h9-10H,1-7,13H2. The van der Waals surface area contributed by atoms with Crippen LogP contribution in [0, 0.1) is 22.7 Å². The summed E-state index contributed by atoms with van der Waals surface area (Å²) in [5.74, 6) is 0.639. The third kappa shape index (κ3) is 1.36. The molecule has 2 fully saturated rings. The van der Waals surface area contributed by atoms with E-state index in [0.29, 0.717) is 5.92 Å². The van der Waals surface area contributed by atoms with Crippen molar-refractivity contribution in [2.24, 2.45) is 17.1 Å². The predicted molar refractivity (Wildman–Crippen MR) is 51.8 cm³/mol. The second-order valence-electron chi connectivity index (χ2n) is 4.69. The van der Waals surface area contributed by atoms with Crippen LogP contribution in [0.3, 0.4) is 0 Å². The van der Waals surface area contributed by atoms with E-state index in [4.69, 9.17) is 11.0 Å². The van der Waals surface area contributed by atoms with Gasteiger partial charge >= 0.3 is 0 Å². The summed E-state index contributed by atoms with van der Waals surface area (Å²) < 4.78 is 0. The molecule has 2 saturated carbocycles. The zero-order valence-corrected chi connectivity index (χ0v) is 8.13. The number of rotatable bonds is 2.